The number of rotatable bonds is 10. The van der Waals surface area contributed by atoms with E-state index in [4.69, 9.17) is 37.3 Å². The van der Waals surface area contributed by atoms with E-state index in [1.54, 1.807) is 25.7 Å². The molecule has 3 heterocycles. The van der Waals surface area contributed by atoms with Crippen LogP contribution >= 0.6 is 11.6 Å². The highest BCUT2D eigenvalue weighted by atomic mass is 35.5. The highest BCUT2D eigenvalue weighted by Gasteiger charge is 2.14. The normalized spacial score (nSPS) is 12.1. The number of hydrogen-bond acceptors (Lipinski definition) is 8. The molecule has 4 N–H and O–H groups in total. The van der Waals surface area contributed by atoms with Gasteiger partial charge in [-0.05, 0) is 36.4 Å². The van der Waals surface area contributed by atoms with Gasteiger partial charge in [-0.25, -0.2) is 4.98 Å². The number of pyridine rings is 3. The first-order valence-electron chi connectivity index (χ1n) is 11.1. The molecule has 3 aromatic heterocycles. The van der Waals surface area contributed by atoms with E-state index < -0.39 is 0 Å². The summed E-state index contributed by atoms with van der Waals surface area (Å²) in [6.45, 7) is 2.93. The fourth-order valence-corrected chi connectivity index (χ4v) is 3.66. The molecule has 0 aliphatic rings. The Balaban J connectivity index is 1.77. The Kier molecular flexibility index (Phi) is 7.49. The second-order valence-electron chi connectivity index (χ2n) is 7.91. The second kappa shape index (κ2) is 10.7. The molecule has 0 bridgehead atoms. The number of nitrogens with two attached hydrogens (primary N) is 2. The van der Waals surface area contributed by atoms with Crippen molar-refractivity contribution >= 4 is 39.1 Å². The largest absolute Gasteiger partial charge is 0.493 e. The Bertz CT molecular complexity index is 1300. The summed E-state index contributed by atoms with van der Waals surface area (Å²) in [7, 11) is 1.61. The average Bonchev–Trinajstić information content (AvgIpc) is 2.86. The van der Waals surface area contributed by atoms with E-state index >= 15 is 0 Å². The monoisotopic (exact) mass is 481 g/mol. The van der Waals surface area contributed by atoms with Gasteiger partial charge in [-0.3, -0.25) is 9.97 Å². The van der Waals surface area contributed by atoms with Crippen LogP contribution in [0.4, 0.5) is 5.82 Å². The summed E-state index contributed by atoms with van der Waals surface area (Å²) in [5.74, 6) is 2.76. The van der Waals surface area contributed by atoms with Gasteiger partial charge in [0.05, 0.1) is 31.1 Å². The third-order valence-electron chi connectivity index (χ3n) is 5.53. The van der Waals surface area contributed by atoms with E-state index in [2.05, 4.69) is 15.0 Å². The molecule has 8 nitrogen and oxygen atoms in total. The number of nitrogen functional groups attached to an aromatic ring is 1. The van der Waals surface area contributed by atoms with E-state index in [1.807, 2.05) is 31.2 Å². The lowest BCUT2D eigenvalue weighted by molar-refractivity contribution is 0.284. The number of methoxy groups -OCH3 is 1. The van der Waals surface area contributed by atoms with Crippen LogP contribution in [0.2, 0.25) is 0 Å². The topological polar surface area (TPSA) is 118 Å². The molecular weight excluding hydrogens is 454 g/mol. The van der Waals surface area contributed by atoms with Crippen molar-refractivity contribution in [2.45, 2.75) is 25.8 Å². The quantitative estimate of drug-likeness (QED) is 0.192. The number of halogens is 1. The van der Waals surface area contributed by atoms with Gasteiger partial charge in [0.25, 0.3) is 0 Å². The first kappa shape index (κ1) is 23.8. The van der Waals surface area contributed by atoms with Gasteiger partial charge in [0.2, 0.25) is 0 Å². The van der Waals surface area contributed by atoms with Gasteiger partial charge in [0, 0.05) is 46.7 Å². The Morgan fingerprint density at radius 3 is 2.62 bits per heavy atom. The number of alkyl halides is 1. The summed E-state index contributed by atoms with van der Waals surface area (Å²) >= 11 is 5.77. The third kappa shape index (κ3) is 5.08. The smallest absolute Gasteiger partial charge is 0.163 e. The molecule has 0 spiro atoms. The molecule has 0 radical (unpaired) electrons. The summed E-state index contributed by atoms with van der Waals surface area (Å²) in [6, 6.07) is 7.60. The van der Waals surface area contributed by atoms with E-state index in [9.17, 15) is 0 Å². The maximum Gasteiger partial charge on any atom is 0.163 e. The number of fused-ring (bicyclic) bond motifs is 3. The number of hydrogen-bond donors (Lipinski definition) is 2. The van der Waals surface area contributed by atoms with E-state index in [1.165, 1.54) is 0 Å². The Labute approximate surface area is 203 Å². The minimum Gasteiger partial charge on any atom is -0.493 e. The Hall–Kier alpha value is -3.36. The molecule has 0 aliphatic carbocycles. The lowest BCUT2D eigenvalue weighted by Crippen LogP contribution is -2.26. The van der Waals surface area contributed by atoms with Crippen molar-refractivity contribution in [2.24, 2.45) is 5.73 Å². The van der Waals surface area contributed by atoms with Crippen LogP contribution in [-0.2, 0) is 0 Å². The number of ether oxygens (including phenoxy) is 3. The number of benzene rings is 1. The van der Waals surface area contributed by atoms with Crippen LogP contribution in [0.25, 0.3) is 32.9 Å². The van der Waals surface area contributed by atoms with Crippen LogP contribution < -0.4 is 25.7 Å². The molecule has 4 aromatic rings. The van der Waals surface area contributed by atoms with Crippen molar-refractivity contribution in [1.82, 2.24) is 15.0 Å². The first-order chi connectivity index (χ1) is 16.5. The molecule has 0 saturated carbocycles. The third-order valence-corrected chi connectivity index (χ3v) is 5.79. The molecule has 0 fully saturated rings. The van der Waals surface area contributed by atoms with Gasteiger partial charge in [-0.1, -0.05) is 6.92 Å². The summed E-state index contributed by atoms with van der Waals surface area (Å²) < 4.78 is 17.2. The molecule has 1 atom stereocenters. The molecular formula is C25H28ClN5O3. The molecule has 0 saturated heterocycles. The highest BCUT2D eigenvalue weighted by molar-refractivity contribution is 6.17. The zero-order valence-electron chi connectivity index (χ0n) is 19.3. The van der Waals surface area contributed by atoms with Crippen LogP contribution in [0.3, 0.4) is 0 Å². The van der Waals surface area contributed by atoms with Crippen LogP contribution in [-0.4, -0.2) is 47.2 Å². The molecule has 0 unspecified atom stereocenters. The van der Waals surface area contributed by atoms with Crippen LogP contribution in [0, 0.1) is 0 Å². The van der Waals surface area contributed by atoms with Crippen molar-refractivity contribution in [3.8, 4) is 28.5 Å². The van der Waals surface area contributed by atoms with Crippen molar-refractivity contribution < 1.29 is 14.2 Å². The van der Waals surface area contributed by atoms with E-state index in [0.717, 1.165) is 40.1 Å². The fourth-order valence-electron chi connectivity index (χ4n) is 3.55. The van der Waals surface area contributed by atoms with Gasteiger partial charge in [0.1, 0.15) is 18.2 Å². The highest BCUT2D eigenvalue weighted by Crippen LogP contribution is 2.37. The minimum atomic E-state index is -0.0317. The zero-order chi connectivity index (χ0) is 24.1. The predicted molar refractivity (Wildman–Crippen MR) is 136 cm³/mol. The van der Waals surface area contributed by atoms with Crippen LogP contribution in [0.1, 0.15) is 19.8 Å². The average molecular weight is 482 g/mol. The predicted octanol–water partition coefficient (Wildman–Crippen LogP) is 4.56. The second-order valence-corrected chi connectivity index (χ2v) is 8.29. The molecule has 0 aliphatic heterocycles. The van der Waals surface area contributed by atoms with Gasteiger partial charge in [-0.2, -0.15) is 0 Å². The Morgan fingerprint density at radius 1 is 1.00 bits per heavy atom. The first-order valence-corrected chi connectivity index (χ1v) is 11.7. The summed E-state index contributed by atoms with van der Waals surface area (Å²) in [6.07, 6.45) is 6.68. The van der Waals surface area contributed by atoms with Gasteiger partial charge in [0.15, 0.2) is 11.5 Å². The summed E-state index contributed by atoms with van der Waals surface area (Å²) in [5.41, 5.74) is 14.5. The van der Waals surface area contributed by atoms with Crippen molar-refractivity contribution in [2.75, 3.05) is 31.9 Å². The minimum absolute atomic E-state index is 0.0317. The maximum absolute atomic E-state index is 6.33. The lowest BCUT2D eigenvalue weighted by atomic mass is 10.0. The summed E-state index contributed by atoms with van der Waals surface area (Å²) in [4.78, 5) is 13.5. The van der Waals surface area contributed by atoms with Crippen molar-refractivity contribution in [3.05, 3.63) is 42.9 Å². The SMILES string of the molecule is CC[C@H](N)COc1cncc(-c2cc3c(cnc4cc(OCCCCl)c(OC)cc43)c(N)n2)c1. The van der Waals surface area contributed by atoms with Crippen molar-refractivity contribution in [1.29, 1.82) is 0 Å². The standard InChI is InChI=1S/C25H28ClN5O3/c1-3-16(27)14-34-17-7-15(11-29-12-17)21-8-18-19-9-23(32-2)24(33-6-4-5-26)10-22(19)30-13-20(18)25(28)31-21/h7-13,16H,3-6,14,27H2,1-2H3,(H2,28,31)/t16-/m0/s1. The van der Waals surface area contributed by atoms with Crippen molar-refractivity contribution in [3.63, 3.8) is 0 Å². The van der Waals surface area contributed by atoms with Gasteiger partial charge >= 0.3 is 0 Å². The molecule has 34 heavy (non-hydrogen) atoms. The zero-order valence-corrected chi connectivity index (χ0v) is 20.0. The lowest BCUT2D eigenvalue weighted by Gasteiger charge is -2.14. The van der Waals surface area contributed by atoms with Gasteiger partial charge < -0.3 is 25.7 Å². The molecule has 0 amide bonds. The fraction of sp³-hybridized carbons (Fsp3) is 0.320. The van der Waals surface area contributed by atoms with E-state index in [0.29, 0.717) is 47.9 Å². The van der Waals surface area contributed by atoms with Crippen LogP contribution in [0.15, 0.2) is 42.9 Å². The van der Waals surface area contributed by atoms with Gasteiger partial charge in [-0.15, -0.1) is 11.6 Å². The molecule has 1 aromatic carbocycles. The summed E-state index contributed by atoms with van der Waals surface area (Å²) in [5, 5.41) is 2.53. The van der Waals surface area contributed by atoms with E-state index in [-0.39, 0.29) is 6.04 Å². The molecule has 4 rings (SSSR count). The number of aromatic nitrogens is 3. The molecule has 178 valence electrons. The maximum atomic E-state index is 6.33. The number of nitrogens with zero attached hydrogens (tertiary/aromatic N) is 3. The molecule has 9 heteroatoms. The Morgan fingerprint density at radius 2 is 1.85 bits per heavy atom. The number of anilines is 1. The van der Waals surface area contributed by atoms with Crippen LogP contribution in [0.5, 0.6) is 17.2 Å².